The van der Waals surface area contributed by atoms with Crippen LogP contribution >= 0.6 is 11.3 Å². The van der Waals surface area contributed by atoms with Crippen molar-refractivity contribution in [2.24, 2.45) is 0 Å². The van der Waals surface area contributed by atoms with Crippen molar-refractivity contribution in [1.82, 2.24) is 19.2 Å². The van der Waals surface area contributed by atoms with E-state index in [9.17, 15) is 4.79 Å². The molecule has 1 fully saturated rings. The number of hydrogen-bond donors (Lipinski definition) is 0. The summed E-state index contributed by atoms with van der Waals surface area (Å²) in [4.78, 5) is 23.3. The van der Waals surface area contributed by atoms with Crippen molar-refractivity contribution in [3.05, 3.63) is 96.2 Å². The highest BCUT2D eigenvalue weighted by Gasteiger charge is 2.23. The first kappa shape index (κ1) is 20.1. The van der Waals surface area contributed by atoms with E-state index in [0.717, 1.165) is 64.7 Å². The van der Waals surface area contributed by atoms with Gasteiger partial charge in [0.1, 0.15) is 0 Å². The number of carbonyl (C=O) groups is 1. The van der Waals surface area contributed by atoms with Crippen LogP contribution in [0.4, 0.5) is 0 Å². The van der Waals surface area contributed by atoms with Crippen molar-refractivity contribution < 1.29 is 4.79 Å². The molecule has 6 rings (SSSR count). The minimum atomic E-state index is 0.118. The van der Waals surface area contributed by atoms with Crippen LogP contribution in [0, 0.1) is 0 Å². The third-order valence-corrected chi connectivity index (χ3v) is 7.34. The molecule has 0 bridgehead atoms. The van der Waals surface area contributed by atoms with Crippen molar-refractivity contribution >= 4 is 32.4 Å². The van der Waals surface area contributed by atoms with Crippen LogP contribution in [-0.2, 0) is 6.54 Å². The molecular formula is C27H24N4OS. The van der Waals surface area contributed by atoms with Gasteiger partial charge in [-0.25, -0.2) is 4.98 Å². The monoisotopic (exact) mass is 452 g/mol. The Morgan fingerprint density at radius 1 is 0.879 bits per heavy atom. The fourth-order valence-electron chi connectivity index (χ4n) is 4.52. The summed E-state index contributed by atoms with van der Waals surface area (Å²) in [6.07, 6.45) is 2.08. The second-order valence-corrected chi connectivity index (χ2v) is 9.49. The van der Waals surface area contributed by atoms with Gasteiger partial charge in [-0.15, -0.1) is 0 Å². The average Bonchev–Trinajstić information content (AvgIpc) is 3.43. The first-order valence-corrected chi connectivity index (χ1v) is 12.1. The van der Waals surface area contributed by atoms with E-state index in [1.165, 1.54) is 5.56 Å². The minimum Gasteiger partial charge on any atom is -0.336 e. The highest BCUT2D eigenvalue weighted by molar-refractivity contribution is 7.23. The number of nitrogens with zero attached hydrogens (tertiary/aromatic N) is 4. The Labute approximate surface area is 196 Å². The molecule has 1 saturated heterocycles. The number of rotatable bonds is 4. The van der Waals surface area contributed by atoms with Gasteiger partial charge < -0.3 is 4.90 Å². The van der Waals surface area contributed by atoms with E-state index in [4.69, 9.17) is 4.98 Å². The number of hydrogen-bond acceptors (Lipinski definition) is 4. The molecule has 0 radical (unpaired) electrons. The van der Waals surface area contributed by atoms with Gasteiger partial charge in [0.15, 0.2) is 4.96 Å². The van der Waals surface area contributed by atoms with Crippen LogP contribution < -0.4 is 0 Å². The van der Waals surface area contributed by atoms with Crippen molar-refractivity contribution in [3.63, 3.8) is 0 Å². The minimum absolute atomic E-state index is 0.118. The molecule has 5 aromatic rings. The Balaban J connectivity index is 1.18. The summed E-state index contributed by atoms with van der Waals surface area (Å²) in [5.74, 6) is 0.118. The Morgan fingerprint density at radius 3 is 2.36 bits per heavy atom. The largest absolute Gasteiger partial charge is 0.336 e. The first-order chi connectivity index (χ1) is 16.2. The summed E-state index contributed by atoms with van der Waals surface area (Å²) >= 11 is 1.63. The SMILES string of the molecule is O=C(c1ccc2c(c1)sc1nc(-c3ccccc3)cn12)N1CCN(Cc2ccccc2)CC1. The number of piperazine rings is 1. The number of carbonyl (C=O) groups excluding carboxylic acids is 1. The predicted molar refractivity (Wildman–Crippen MR) is 134 cm³/mol. The van der Waals surface area contributed by atoms with Gasteiger partial charge in [0, 0.05) is 50.0 Å². The molecule has 6 heteroatoms. The topological polar surface area (TPSA) is 40.9 Å². The van der Waals surface area contributed by atoms with Crippen LogP contribution in [0.15, 0.2) is 85.1 Å². The Bertz CT molecular complexity index is 1420. The molecule has 2 aromatic heterocycles. The van der Waals surface area contributed by atoms with Gasteiger partial charge in [-0.3, -0.25) is 14.1 Å². The second kappa shape index (κ2) is 8.46. The number of benzene rings is 3. The lowest BCUT2D eigenvalue weighted by atomic mass is 10.1. The fourth-order valence-corrected chi connectivity index (χ4v) is 5.56. The fraction of sp³-hybridized carbons (Fsp3) is 0.185. The van der Waals surface area contributed by atoms with Crippen LogP contribution in [0.5, 0.6) is 0 Å². The molecule has 0 N–H and O–H groups in total. The molecule has 0 spiro atoms. The van der Waals surface area contributed by atoms with Gasteiger partial charge in [-0.05, 0) is 23.8 Å². The molecule has 0 atom stereocenters. The molecule has 3 aromatic carbocycles. The lowest BCUT2D eigenvalue weighted by Crippen LogP contribution is -2.48. The number of imidazole rings is 1. The third-order valence-electron chi connectivity index (χ3n) is 6.32. The predicted octanol–water partition coefficient (Wildman–Crippen LogP) is 5.17. The van der Waals surface area contributed by atoms with Crippen molar-refractivity contribution in [3.8, 4) is 11.3 Å². The van der Waals surface area contributed by atoms with E-state index >= 15 is 0 Å². The molecule has 1 aliphatic heterocycles. The molecule has 5 nitrogen and oxygen atoms in total. The van der Waals surface area contributed by atoms with Crippen LogP contribution in [0.3, 0.4) is 0 Å². The van der Waals surface area contributed by atoms with Gasteiger partial charge in [-0.1, -0.05) is 72.0 Å². The summed E-state index contributed by atoms with van der Waals surface area (Å²) in [5, 5.41) is 0. The zero-order valence-electron chi connectivity index (χ0n) is 18.2. The van der Waals surface area contributed by atoms with E-state index in [0.29, 0.717) is 0 Å². The first-order valence-electron chi connectivity index (χ1n) is 11.3. The number of thiazole rings is 1. The van der Waals surface area contributed by atoms with Crippen LogP contribution in [0.1, 0.15) is 15.9 Å². The van der Waals surface area contributed by atoms with Crippen molar-refractivity contribution in [2.75, 3.05) is 26.2 Å². The Hall–Kier alpha value is -3.48. The number of fused-ring (bicyclic) bond motifs is 3. The molecule has 164 valence electrons. The highest BCUT2D eigenvalue weighted by atomic mass is 32.1. The van der Waals surface area contributed by atoms with Crippen LogP contribution in [-0.4, -0.2) is 51.3 Å². The van der Waals surface area contributed by atoms with E-state index in [1.54, 1.807) is 11.3 Å². The summed E-state index contributed by atoms with van der Waals surface area (Å²) < 4.78 is 3.21. The lowest BCUT2D eigenvalue weighted by Gasteiger charge is -2.34. The molecule has 0 unspecified atom stereocenters. The summed E-state index contributed by atoms with van der Waals surface area (Å²) in [5.41, 5.74) is 5.25. The normalized spacial score (nSPS) is 14.8. The molecule has 3 heterocycles. The van der Waals surface area contributed by atoms with Gasteiger partial charge in [0.05, 0.1) is 15.9 Å². The standard InChI is InChI=1S/C27H24N4OS/c32-26(30-15-13-29(14-16-30)18-20-7-3-1-4-8-20)22-11-12-24-25(17-22)33-27-28-23(19-31(24)27)21-9-5-2-6-10-21/h1-12,17,19H,13-16,18H2. The van der Waals surface area contributed by atoms with Crippen LogP contribution in [0.25, 0.3) is 26.4 Å². The lowest BCUT2D eigenvalue weighted by molar-refractivity contribution is 0.0628. The third kappa shape index (κ3) is 3.92. The Morgan fingerprint density at radius 2 is 1.61 bits per heavy atom. The second-order valence-electron chi connectivity index (χ2n) is 8.48. The number of amides is 1. The summed E-state index contributed by atoms with van der Waals surface area (Å²) in [6.45, 7) is 4.26. The van der Waals surface area contributed by atoms with Gasteiger partial charge in [-0.2, -0.15) is 0 Å². The van der Waals surface area contributed by atoms with Crippen molar-refractivity contribution in [1.29, 1.82) is 0 Å². The van der Waals surface area contributed by atoms with E-state index < -0.39 is 0 Å². The summed E-state index contributed by atoms with van der Waals surface area (Å²) in [6, 6.07) is 26.8. The zero-order chi connectivity index (χ0) is 22.2. The smallest absolute Gasteiger partial charge is 0.253 e. The summed E-state index contributed by atoms with van der Waals surface area (Å²) in [7, 11) is 0. The molecule has 1 amide bonds. The zero-order valence-corrected chi connectivity index (χ0v) is 19.0. The highest BCUT2D eigenvalue weighted by Crippen LogP contribution is 2.30. The number of aromatic nitrogens is 2. The molecule has 0 aliphatic carbocycles. The van der Waals surface area contributed by atoms with Gasteiger partial charge >= 0.3 is 0 Å². The maximum absolute atomic E-state index is 13.2. The van der Waals surface area contributed by atoms with E-state index in [1.807, 2.05) is 47.4 Å². The Kier molecular flexibility index (Phi) is 5.17. The molecule has 0 saturated carbocycles. The average molecular weight is 453 g/mol. The van der Waals surface area contributed by atoms with Gasteiger partial charge in [0.2, 0.25) is 0 Å². The maximum Gasteiger partial charge on any atom is 0.253 e. The molecular weight excluding hydrogens is 428 g/mol. The van der Waals surface area contributed by atoms with E-state index in [-0.39, 0.29) is 5.91 Å². The molecule has 33 heavy (non-hydrogen) atoms. The maximum atomic E-state index is 13.2. The van der Waals surface area contributed by atoms with Crippen molar-refractivity contribution in [2.45, 2.75) is 6.54 Å². The quantitative estimate of drug-likeness (QED) is 0.378. The van der Waals surface area contributed by atoms with Crippen LogP contribution in [0.2, 0.25) is 0 Å². The van der Waals surface area contributed by atoms with E-state index in [2.05, 4.69) is 51.9 Å². The molecule has 1 aliphatic rings. The van der Waals surface area contributed by atoms with Gasteiger partial charge in [0.25, 0.3) is 5.91 Å².